The summed E-state index contributed by atoms with van der Waals surface area (Å²) < 4.78 is 5.76. The largest absolute Gasteiger partial charge is 0.493 e. The zero-order valence-corrected chi connectivity index (χ0v) is 13.1. The smallest absolute Gasteiger partial charge is 0.238 e. The lowest BCUT2D eigenvalue weighted by Crippen LogP contribution is -2.45. The molecule has 0 saturated carbocycles. The van der Waals surface area contributed by atoms with Crippen LogP contribution < -0.4 is 20.9 Å². The number of para-hydroxylation sites is 1. The zero-order chi connectivity index (χ0) is 15.4. The van der Waals surface area contributed by atoms with Crippen molar-refractivity contribution in [2.75, 3.05) is 13.2 Å². The molecule has 22 heavy (non-hydrogen) atoms. The zero-order valence-electron chi connectivity index (χ0n) is 13.1. The highest BCUT2D eigenvalue weighted by atomic mass is 16.5. The molecule has 2 aliphatic heterocycles. The summed E-state index contributed by atoms with van der Waals surface area (Å²) >= 11 is 0. The maximum atomic E-state index is 12.2. The molecule has 3 rings (SSSR count). The van der Waals surface area contributed by atoms with Crippen LogP contribution in [0.25, 0.3) is 0 Å². The van der Waals surface area contributed by atoms with Crippen LogP contribution >= 0.6 is 0 Å². The van der Waals surface area contributed by atoms with E-state index in [1.54, 1.807) is 0 Å². The van der Waals surface area contributed by atoms with E-state index < -0.39 is 0 Å². The number of rotatable bonds is 5. The fourth-order valence-corrected chi connectivity index (χ4v) is 3.22. The summed E-state index contributed by atoms with van der Waals surface area (Å²) in [6, 6.07) is 8.42. The number of benzene rings is 1. The van der Waals surface area contributed by atoms with Gasteiger partial charge in [-0.2, -0.15) is 0 Å². The van der Waals surface area contributed by atoms with Gasteiger partial charge in [-0.25, -0.2) is 5.43 Å². The first-order valence-corrected chi connectivity index (χ1v) is 8.25. The Morgan fingerprint density at radius 2 is 2.23 bits per heavy atom. The predicted molar refractivity (Wildman–Crippen MR) is 85.5 cm³/mol. The van der Waals surface area contributed by atoms with Crippen LogP contribution in [0.3, 0.4) is 0 Å². The number of hydrazine groups is 1. The molecule has 0 bridgehead atoms. The molecular formula is C17H25N3O2. The summed E-state index contributed by atoms with van der Waals surface area (Å²) in [4.78, 5) is 12.2. The molecular weight excluding hydrogens is 278 g/mol. The molecule has 3 unspecified atom stereocenters. The highest BCUT2D eigenvalue weighted by Gasteiger charge is 2.29. The summed E-state index contributed by atoms with van der Waals surface area (Å²) in [6.07, 6.45) is 4.06. The van der Waals surface area contributed by atoms with E-state index in [2.05, 4.69) is 29.2 Å². The molecule has 2 heterocycles. The van der Waals surface area contributed by atoms with Crippen molar-refractivity contribution in [2.45, 2.75) is 44.7 Å². The Morgan fingerprint density at radius 1 is 1.36 bits per heavy atom. The van der Waals surface area contributed by atoms with E-state index in [4.69, 9.17) is 4.74 Å². The summed E-state index contributed by atoms with van der Waals surface area (Å²) in [6.45, 7) is 3.51. The van der Waals surface area contributed by atoms with Gasteiger partial charge in [0.1, 0.15) is 11.8 Å². The Bertz CT molecular complexity index is 520. The molecule has 1 fully saturated rings. The second-order valence-electron chi connectivity index (χ2n) is 6.30. The average Bonchev–Trinajstić information content (AvgIpc) is 3.01. The molecule has 5 nitrogen and oxygen atoms in total. The van der Waals surface area contributed by atoms with Crippen molar-refractivity contribution in [1.82, 2.24) is 16.2 Å². The van der Waals surface area contributed by atoms with Gasteiger partial charge in [-0.1, -0.05) is 31.5 Å². The van der Waals surface area contributed by atoms with E-state index in [0.717, 1.165) is 31.4 Å². The number of carbonyl (C=O) groups is 1. The lowest BCUT2D eigenvalue weighted by Gasteiger charge is -2.25. The molecule has 5 heteroatoms. The first-order valence-electron chi connectivity index (χ1n) is 8.25. The number of nitrogens with one attached hydrogen (secondary N) is 3. The summed E-state index contributed by atoms with van der Waals surface area (Å²) in [5.41, 5.74) is 7.54. The second-order valence-corrected chi connectivity index (χ2v) is 6.30. The Kier molecular flexibility index (Phi) is 4.95. The number of ether oxygens (including phenoxy) is 1. The third-order valence-electron chi connectivity index (χ3n) is 4.46. The molecule has 1 saturated heterocycles. The maximum absolute atomic E-state index is 12.2. The Hall–Kier alpha value is -1.59. The van der Waals surface area contributed by atoms with Gasteiger partial charge in [0.15, 0.2) is 0 Å². The van der Waals surface area contributed by atoms with Crippen molar-refractivity contribution in [3.8, 4) is 5.75 Å². The second kappa shape index (κ2) is 7.11. The van der Waals surface area contributed by atoms with E-state index in [1.807, 2.05) is 18.2 Å². The molecule has 0 aliphatic carbocycles. The van der Waals surface area contributed by atoms with Crippen molar-refractivity contribution >= 4 is 5.91 Å². The number of carbonyl (C=O) groups excluding carboxylic acids is 1. The van der Waals surface area contributed by atoms with E-state index in [1.165, 1.54) is 5.56 Å². The minimum Gasteiger partial charge on any atom is -0.493 e. The molecule has 0 aromatic heterocycles. The molecule has 0 spiro atoms. The standard InChI is InChI=1S/C17H25N3O2/c1-2-5-14-9-15(20-19-14)17(21)18-10-12-8-13-6-3-4-7-16(13)22-11-12/h3-4,6-7,12,14-15,19-20H,2,5,8-11H2,1H3,(H,18,21). The van der Waals surface area contributed by atoms with Crippen LogP contribution in [-0.4, -0.2) is 31.1 Å². The number of amides is 1. The Balaban J connectivity index is 1.45. The van der Waals surface area contributed by atoms with Crippen molar-refractivity contribution in [2.24, 2.45) is 5.92 Å². The van der Waals surface area contributed by atoms with Crippen LogP contribution in [0.5, 0.6) is 5.75 Å². The average molecular weight is 303 g/mol. The van der Waals surface area contributed by atoms with Crippen LogP contribution in [0.2, 0.25) is 0 Å². The number of hydrogen-bond donors (Lipinski definition) is 3. The molecule has 2 aliphatic rings. The number of fused-ring (bicyclic) bond motifs is 1. The lowest BCUT2D eigenvalue weighted by molar-refractivity contribution is -0.123. The van der Waals surface area contributed by atoms with Crippen molar-refractivity contribution in [3.05, 3.63) is 29.8 Å². The molecule has 1 aromatic rings. The third-order valence-corrected chi connectivity index (χ3v) is 4.46. The SMILES string of the molecule is CCCC1CC(C(=O)NCC2COc3ccccc3C2)NN1. The summed E-state index contributed by atoms with van der Waals surface area (Å²) in [5, 5.41) is 3.07. The van der Waals surface area contributed by atoms with Gasteiger partial charge in [0.25, 0.3) is 0 Å². The van der Waals surface area contributed by atoms with Crippen LogP contribution in [0.1, 0.15) is 31.7 Å². The monoisotopic (exact) mass is 303 g/mol. The van der Waals surface area contributed by atoms with E-state index in [9.17, 15) is 4.79 Å². The summed E-state index contributed by atoms with van der Waals surface area (Å²) in [7, 11) is 0. The third kappa shape index (κ3) is 3.59. The topological polar surface area (TPSA) is 62.4 Å². The minimum atomic E-state index is -0.117. The lowest BCUT2D eigenvalue weighted by atomic mass is 9.96. The maximum Gasteiger partial charge on any atom is 0.238 e. The molecule has 120 valence electrons. The fourth-order valence-electron chi connectivity index (χ4n) is 3.22. The molecule has 1 aromatic carbocycles. The summed E-state index contributed by atoms with van der Waals surface area (Å²) in [5.74, 6) is 1.42. The van der Waals surface area contributed by atoms with Crippen molar-refractivity contribution in [3.63, 3.8) is 0 Å². The van der Waals surface area contributed by atoms with Gasteiger partial charge in [-0.15, -0.1) is 0 Å². The van der Waals surface area contributed by atoms with Crippen molar-refractivity contribution in [1.29, 1.82) is 0 Å². The van der Waals surface area contributed by atoms with E-state index in [-0.39, 0.29) is 11.9 Å². The normalized spacial score (nSPS) is 27.0. The van der Waals surface area contributed by atoms with E-state index in [0.29, 0.717) is 25.1 Å². The Labute approximate surface area is 131 Å². The minimum absolute atomic E-state index is 0.0879. The highest BCUT2D eigenvalue weighted by Crippen LogP contribution is 2.26. The first-order chi connectivity index (χ1) is 10.8. The van der Waals surface area contributed by atoms with Gasteiger partial charge in [0, 0.05) is 18.5 Å². The quantitative estimate of drug-likeness (QED) is 0.769. The van der Waals surface area contributed by atoms with Crippen LogP contribution in [0.15, 0.2) is 24.3 Å². The molecule has 3 atom stereocenters. The molecule has 3 N–H and O–H groups in total. The Morgan fingerprint density at radius 3 is 3.09 bits per heavy atom. The predicted octanol–water partition coefficient (Wildman–Crippen LogP) is 1.39. The van der Waals surface area contributed by atoms with Crippen molar-refractivity contribution < 1.29 is 9.53 Å². The van der Waals surface area contributed by atoms with Gasteiger partial charge in [0.05, 0.1) is 6.61 Å². The van der Waals surface area contributed by atoms with Gasteiger partial charge in [-0.3, -0.25) is 10.2 Å². The van der Waals surface area contributed by atoms with Crippen LogP contribution in [0, 0.1) is 5.92 Å². The van der Waals surface area contributed by atoms with Gasteiger partial charge in [0.2, 0.25) is 5.91 Å². The molecule has 0 radical (unpaired) electrons. The van der Waals surface area contributed by atoms with Crippen LogP contribution in [0.4, 0.5) is 0 Å². The fraction of sp³-hybridized carbons (Fsp3) is 0.588. The number of hydrogen-bond acceptors (Lipinski definition) is 4. The first kappa shape index (κ1) is 15.3. The van der Waals surface area contributed by atoms with Gasteiger partial charge >= 0.3 is 0 Å². The van der Waals surface area contributed by atoms with Gasteiger partial charge < -0.3 is 10.1 Å². The van der Waals surface area contributed by atoms with Crippen LogP contribution in [-0.2, 0) is 11.2 Å². The van der Waals surface area contributed by atoms with Gasteiger partial charge in [-0.05, 0) is 30.9 Å². The highest BCUT2D eigenvalue weighted by molar-refractivity contribution is 5.82. The van der Waals surface area contributed by atoms with E-state index >= 15 is 0 Å². The molecule has 1 amide bonds.